The Kier molecular flexibility index (Phi) is 4.91. The topological polar surface area (TPSA) is 38.3 Å². The number of aldehydes is 1. The summed E-state index contributed by atoms with van der Waals surface area (Å²) in [5.74, 6) is 0.536. The Morgan fingerprint density at radius 1 is 1.26 bits per heavy atom. The lowest BCUT2D eigenvalue weighted by molar-refractivity contribution is -0.107. The number of rotatable bonds is 6. The number of aryl methyl sites for hydroxylation is 2. The summed E-state index contributed by atoms with van der Waals surface area (Å²) in [6, 6.07) is 11.1. The number of para-hydroxylation sites is 1. The van der Waals surface area contributed by atoms with Crippen LogP contribution in [-0.4, -0.2) is 12.8 Å². The molecule has 3 rings (SSSR count). The predicted molar refractivity (Wildman–Crippen MR) is 88.4 cm³/mol. The Morgan fingerprint density at radius 3 is 3.00 bits per heavy atom. The van der Waals surface area contributed by atoms with Gasteiger partial charge < -0.3 is 14.8 Å². The molecule has 0 spiro atoms. The molecule has 1 aliphatic heterocycles. The number of ether oxygens (including phenoxy) is 1. The number of halogens is 1. The number of nitrogens with one attached hydrogen (secondary N) is 1. The van der Waals surface area contributed by atoms with Crippen LogP contribution in [0.3, 0.4) is 0 Å². The van der Waals surface area contributed by atoms with Crippen molar-refractivity contribution in [2.24, 2.45) is 0 Å². The van der Waals surface area contributed by atoms with Gasteiger partial charge in [-0.2, -0.15) is 0 Å². The molecule has 0 radical (unpaired) electrons. The maximum Gasteiger partial charge on any atom is 0.143 e. The van der Waals surface area contributed by atoms with Crippen LogP contribution in [-0.2, 0) is 24.2 Å². The van der Waals surface area contributed by atoms with Crippen LogP contribution in [0.5, 0.6) is 5.75 Å². The van der Waals surface area contributed by atoms with Gasteiger partial charge in [-0.1, -0.05) is 24.3 Å². The van der Waals surface area contributed by atoms with Gasteiger partial charge >= 0.3 is 0 Å². The first-order chi connectivity index (χ1) is 11.3. The standard InChI is InChI=1S/C19H20FNO2/c20-17-12-14(8-9-15(17)6-3-11-22)13-23-18-7-1-4-16-5-2-10-21-19(16)18/h1,4,7-9,11-12,21H,2-3,5-6,10,13H2. The molecular formula is C19H20FNO2. The van der Waals surface area contributed by atoms with Crippen molar-refractivity contribution < 1.29 is 13.9 Å². The molecular weight excluding hydrogens is 293 g/mol. The van der Waals surface area contributed by atoms with E-state index < -0.39 is 0 Å². The van der Waals surface area contributed by atoms with E-state index in [-0.39, 0.29) is 5.82 Å². The Labute approximate surface area is 135 Å². The molecule has 4 heteroatoms. The number of anilines is 1. The summed E-state index contributed by atoms with van der Waals surface area (Å²) >= 11 is 0. The zero-order valence-electron chi connectivity index (χ0n) is 13.0. The van der Waals surface area contributed by atoms with Gasteiger partial charge in [0.05, 0.1) is 5.69 Å². The van der Waals surface area contributed by atoms with Gasteiger partial charge in [0, 0.05) is 13.0 Å². The summed E-state index contributed by atoms with van der Waals surface area (Å²) in [5.41, 5.74) is 3.68. The summed E-state index contributed by atoms with van der Waals surface area (Å²) in [4.78, 5) is 10.4. The smallest absolute Gasteiger partial charge is 0.143 e. The highest BCUT2D eigenvalue weighted by Gasteiger charge is 2.13. The minimum absolute atomic E-state index is 0.277. The molecule has 2 aromatic rings. The van der Waals surface area contributed by atoms with Crippen molar-refractivity contribution in [3.8, 4) is 5.75 Å². The number of hydrogen-bond acceptors (Lipinski definition) is 3. The molecule has 0 bridgehead atoms. The van der Waals surface area contributed by atoms with Gasteiger partial charge in [0.2, 0.25) is 0 Å². The Balaban J connectivity index is 1.69. The van der Waals surface area contributed by atoms with E-state index in [4.69, 9.17) is 4.74 Å². The van der Waals surface area contributed by atoms with Gasteiger partial charge in [-0.3, -0.25) is 0 Å². The van der Waals surface area contributed by atoms with Crippen LogP contribution in [0, 0.1) is 5.82 Å². The Hall–Kier alpha value is -2.36. The van der Waals surface area contributed by atoms with Crippen molar-refractivity contribution in [1.29, 1.82) is 0 Å². The first-order valence-corrected chi connectivity index (χ1v) is 7.97. The van der Waals surface area contributed by atoms with E-state index in [2.05, 4.69) is 11.4 Å². The fourth-order valence-electron chi connectivity index (χ4n) is 2.86. The monoisotopic (exact) mass is 313 g/mol. The average molecular weight is 313 g/mol. The molecule has 2 aromatic carbocycles. The molecule has 3 nitrogen and oxygen atoms in total. The molecule has 0 aliphatic carbocycles. The van der Waals surface area contributed by atoms with E-state index in [9.17, 15) is 9.18 Å². The van der Waals surface area contributed by atoms with Crippen molar-refractivity contribution >= 4 is 12.0 Å². The molecule has 23 heavy (non-hydrogen) atoms. The molecule has 120 valence electrons. The third-order valence-corrected chi connectivity index (χ3v) is 4.08. The molecule has 1 heterocycles. The maximum absolute atomic E-state index is 14.0. The fraction of sp³-hybridized carbons (Fsp3) is 0.316. The second-order valence-electron chi connectivity index (χ2n) is 5.74. The first kappa shape index (κ1) is 15.5. The van der Waals surface area contributed by atoms with Gasteiger partial charge in [-0.05, 0) is 48.1 Å². The van der Waals surface area contributed by atoms with Crippen LogP contribution in [0.1, 0.15) is 29.5 Å². The van der Waals surface area contributed by atoms with E-state index in [0.717, 1.165) is 42.7 Å². The number of carbonyl (C=O) groups is 1. The molecule has 0 unspecified atom stereocenters. The number of hydrogen-bond donors (Lipinski definition) is 1. The molecule has 0 atom stereocenters. The zero-order valence-corrected chi connectivity index (χ0v) is 13.0. The highest BCUT2D eigenvalue weighted by atomic mass is 19.1. The summed E-state index contributed by atoms with van der Waals surface area (Å²) < 4.78 is 19.9. The van der Waals surface area contributed by atoms with E-state index in [0.29, 0.717) is 25.0 Å². The van der Waals surface area contributed by atoms with Crippen LogP contribution < -0.4 is 10.1 Å². The van der Waals surface area contributed by atoms with Crippen molar-refractivity contribution in [2.75, 3.05) is 11.9 Å². The number of carbonyl (C=O) groups excluding carboxylic acids is 1. The normalized spacial score (nSPS) is 13.1. The van der Waals surface area contributed by atoms with Crippen molar-refractivity contribution in [2.45, 2.75) is 32.3 Å². The minimum atomic E-state index is -0.277. The van der Waals surface area contributed by atoms with Gasteiger partial charge in [-0.25, -0.2) is 4.39 Å². The minimum Gasteiger partial charge on any atom is -0.487 e. The van der Waals surface area contributed by atoms with Gasteiger partial charge in [0.1, 0.15) is 24.5 Å². The first-order valence-electron chi connectivity index (χ1n) is 7.97. The SMILES string of the molecule is O=CCCc1ccc(COc2cccc3c2NCCC3)cc1F. The Morgan fingerprint density at radius 2 is 2.17 bits per heavy atom. The highest BCUT2D eigenvalue weighted by molar-refractivity contribution is 5.63. The predicted octanol–water partition coefficient (Wildman–Crippen LogP) is 3.89. The second kappa shape index (κ2) is 7.27. The van der Waals surface area contributed by atoms with Crippen molar-refractivity contribution in [1.82, 2.24) is 0 Å². The van der Waals surface area contributed by atoms with Crippen LogP contribution in [0.15, 0.2) is 36.4 Å². The van der Waals surface area contributed by atoms with E-state index in [1.807, 2.05) is 18.2 Å². The van der Waals surface area contributed by atoms with E-state index in [1.54, 1.807) is 6.07 Å². The maximum atomic E-state index is 14.0. The molecule has 1 aliphatic rings. The van der Waals surface area contributed by atoms with Crippen LogP contribution in [0.25, 0.3) is 0 Å². The molecule has 0 aromatic heterocycles. The largest absolute Gasteiger partial charge is 0.487 e. The lowest BCUT2D eigenvalue weighted by Crippen LogP contribution is -2.13. The van der Waals surface area contributed by atoms with Crippen LogP contribution in [0.2, 0.25) is 0 Å². The summed E-state index contributed by atoms with van der Waals surface area (Å²) in [7, 11) is 0. The molecule has 0 saturated heterocycles. The highest BCUT2D eigenvalue weighted by Crippen LogP contribution is 2.32. The lowest BCUT2D eigenvalue weighted by atomic mass is 10.0. The van der Waals surface area contributed by atoms with Gasteiger partial charge in [0.15, 0.2) is 0 Å². The van der Waals surface area contributed by atoms with Crippen LogP contribution in [0.4, 0.5) is 10.1 Å². The third kappa shape index (κ3) is 3.70. The van der Waals surface area contributed by atoms with Crippen molar-refractivity contribution in [3.63, 3.8) is 0 Å². The molecule has 0 fully saturated rings. The van der Waals surface area contributed by atoms with Gasteiger partial charge in [0.25, 0.3) is 0 Å². The second-order valence-corrected chi connectivity index (χ2v) is 5.74. The van der Waals surface area contributed by atoms with Gasteiger partial charge in [-0.15, -0.1) is 0 Å². The lowest BCUT2D eigenvalue weighted by Gasteiger charge is -2.21. The number of fused-ring (bicyclic) bond motifs is 1. The summed E-state index contributed by atoms with van der Waals surface area (Å²) in [6.45, 7) is 1.27. The van der Waals surface area contributed by atoms with Crippen molar-refractivity contribution in [3.05, 3.63) is 58.9 Å². The average Bonchev–Trinajstić information content (AvgIpc) is 2.59. The molecule has 0 saturated carbocycles. The van der Waals surface area contributed by atoms with E-state index >= 15 is 0 Å². The molecule has 0 amide bonds. The zero-order chi connectivity index (χ0) is 16.1. The Bertz CT molecular complexity index is 700. The van der Waals surface area contributed by atoms with Crippen LogP contribution >= 0.6 is 0 Å². The summed E-state index contributed by atoms with van der Waals surface area (Å²) in [5, 5.41) is 3.38. The molecule has 1 N–H and O–H groups in total. The number of benzene rings is 2. The fourth-order valence-corrected chi connectivity index (χ4v) is 2.86. The van der Waals surface area contributed by atoms with E-state index in [1.165, 1.54) is 11.6 Å². The quantitative estimate of drug-likeness (QED) is 0.822. The summed E-state index contributed by atoms with van der Waals surface area (Å²) in [6.07, 6.45) is 3.77. The third-order valence-electron chi connectivity index (χ3n) is 4.08.